The van der Waals surface area contributed by atoms with Crippen molar-refractivity contribution < 1.29 is 4.84 Å². The molecule has 0 aliphatic rings. The van der Waals surface area contributed by atoms with E-state index in [2.05, 4.69) is 19.2 Å². The van der Waals surface area contributed by atoms with Crippen LogP contribution in [0.1, 0.15) is 20.3 Å². The summed E-state index contributed by atoms with van der Waals surface area (Å²) >= 11 is 0. The van der Waals surface area contributed by atoms with Gasteiger partial charge in [-0.1, -0.05) is 13.8 Å². The minimum Gasteiger partial charge on any atom is -0.314 e. The van der Waals surface area contributed by atoms with E-state index in [9.17, 15) is 0 Å². The molecule has 0 aromatic heterocycles. The second kappa shape index (κ2) is 6.58. The molecule has 0 saturated carbocycles. The molecule has 11 heavy (non-hydrogen) atoms. The van der Waals surface area contributed by atoms with E-state index in [1.807, 2.05) is 12.1 Å². The van der Waals surface area contributed by atoms with Crippen LogP contribution in [-0.2, 0) is 4.84 Å². The molecule has 1 N–H and O–H groups in total. The van der Waals surface area contributed by atoms with Crippen molar-refractivity contribution >= 4 is 0 Å². The van der Waals surface area contributed by atoms with Gasteiger partial charge in [-0.05, 0) is 13.0 Å². The van der Waals surface area contributed by atoms with Gasteiger partial charge in [0, 0.05) is 19.6 Å². The molecule has 0 fully saturated rings. The van der Waals surface area contributed by atoms with E-state index in [-0.39, 0.29) is 0 Å². The highest BCUT2D eigenvalue weighted by Crippen LogP contribution is 1.86. The molecule has 0 amide bonds. The van der Waals surface area contributed by atoms with E-state index >= 15 is 0 Å². The fourth-order valence-corrected chi connectivity index (χ4v) is 0.784. The van der Waals surface area contributed by atoms with Gasteiger partial charge in [-0.25, -0.2) is 0 Å². The lowest BCUT2D eigenvalue weighted by molar-refractivity contribution is -0.109. The van der Waals surface area contributed by atoms with Gasteiger partial charge in [0.15, 0.2) is 0 Å². The zero-order valence-corrected chi connectivity index (χ0v) is 8.05. The highest BCUT2D eigenvalue weighted by atomic mass is 16.7. The minimum atomic E-state index is 0.586. The van der Waals surface area contributed by atoms with Gasteiger partial charge in [-0.2, -0.15) is 5.06 Å². The van der Waals surface area contributed by atoms with Crippen LogP contribution in [0.4, 0.5) is 0 Å². The van der Waals surface area contributed by atoms with Crippen molar-refractivity contribution in [2.75, 3.05) is 27.2 Å². The molecule has 3 nitrogen and oxygen atoms in total. The zero-order chi connectivity index (χ0) is 8.69. The monoisotopic (exact) mass is 160 g/mol. The summed E-state index contributed by atoms with van der Waals surface area (Å²) in [5.74, 6) is 0. The predicted octanol–water partition coefficient (Wildman–Crippen LogP) is 0.868. The normalized spacial score (nSPS) is 11.5. The Labute approximate surface area is 69.7 Å². The Morgan fingerprint density at radius 1 is 1.45 bits per heavy atom. The van der Waals surface area contributed by atoms with Crippen LogP contribution in [0.2, 0.25) is 0 Å². The Balaban J connectivity index is 3.01. The van der Waals surface area contributed by atoms with Gasteiger partial charge in [-0.15, -0.1) is 0 Å². The topological polar surface area (TPSA) is 24.5 Å². The molecule has 0 aromatic carbocycles. The van der Waals surface area contributed by atoms with Crippen LogP contribution in [0.5, 0.6) is 0 Å². The first-order chi connectivity index (χ1) is 5.16. The van der Waals surface area contributed by atoms with Crippen LogP contribution in [0.3, 0.4) is 0 Å². The van der Waals surface area contributed by atoms with E-state index in [1.165, 1.54) is 0 Å². The number of hydrogen-bond acceptors (Lipinski definition) is 3. The Hall–Kier alpha value is -0.120. The number of hydrogen-bond donors (Lipinski definition) is 1. The molecular formula is C8H20N2O. The first-order valence-corrected chi connectivity index (χ1v) is 4.15. The second-order valence-corrected chi connectivity index (χ2v) is 3.00. The van der Waals surface area contributed by atoms with E-state index in [0.717, 1.165) is 19.5 Å². The molecular weight excluding hydrogens is 140 g/mol. The van der Waals surface area contributed by atoms with Crippen molar-refractivity contribution in [3.63, 3.8) is 0 Å². The molecule has 0 aliphatic heterocycles. The van der Waals surface area contributed by atoms with Gasteiger partial charge in [-0.3, -0.25) is 0 Å². The van der Waals surface area contributed by atoms with Crippen LogP contribution in [0, 0.1) is 0 Å². The first-order valence-electron chi connectivity index (χ1n) is 4.15. The van der Waals surface area contributed by atoms with Gasteiger partial charge >= 0.3 is 0 Å². The summed E-state index contributed by atoms with van der Waals surface area (Å²) in [6, 6.07) is 0.586. The molecule has 0 unspecified atom stereocenters. The Kier molecular flexibility index (Phi) is 6.51. The van der Waals surface area contributed by atoms with Crippen molar-refractivity contribution in [3.05, 3.63) is 0 Å². The predicted molar refractivity (Wildman–Crippen MR) is 47.4 cm³/mol. The van der Waals surface area contributed by atoms with Crippen LogP contribution in [0.15, 0.2) is 0 Å². The summed E-state index contributed by atoms with van der Waals surface area (Å²) in [5.41, 5.74) is 0. The van der Waals surface area contributed by atoms with E-state index in [0.29, 0.717) is 6.04 Å². The molecule has 0 spiro atoms. The molecule has 0 aliphatic carbocycles. The van der Waals surface area contributed by atoms with Crippen LogP contribution >= 0.6 is 0 Å². The maximum Gasteiger partial charge on any atom is 0.0575 e. The standard InChI is InChI=1S/C8H20N2O/c1-8(2)9-6-5-7-10(3)11-4/h8-9H,5-7H2,1-4H3. The minimum absolute atomic E-state index is 0.586. The lowest BCUT2D eigenvalue weighted by Crippen LogP contribution is -2.27. The maximum absolute atomic E-state index is 4.96. The Morgan fingerprint density at radius 3 is 2.55 bits per heavy atom. The van der Waals surface area contributed by atoms with Crippen LogP contribution in [-0.4, -0.2) is 38.4 Å². The van der Waals surface area contributed by atoms with Gasteiger partial charge in [0.2, 0.25) is 0 Å². The fraction of sp³-hybridized carbons (Fsp3) is 1.00. The summed E-state index contributed by atoms with van der Waals surface area (Å²) in [6.07, 6.45) is 1.13. The number of hydroxylamine groups is 2. The highest BCUT2D eigenvalue weighted by molar-refractivity contribution is 4.52. The summed E-state index contributed by atoms with van der Waals surface area (Å²) in [5, 5.41) is 5.18. The molecule has 0 radical (unpaired) electrons. The Morgan fingerprint density at radius 2 is 2.09 bits per heavy atom. The third kappa shape index (κ3) is 7.78. The van der Waals surface area contributed by atoms with Gasteiger partial charge in [0.25, 0.3) is 0 Å². The SMILES string of the molecule is CON(C)CCCNC(C)C. The van der Waals surface area contributed by atoms with E-state index < -0.39 is 0 Å². The van der Waals surface area contributed by atoms with Crippen molar-refractivity contribution in [3.8, 4) is 0 Å². The molecule has 0 heterocycles. The number of nitrogens with one attached hydrogen (secondary N) is 1. The lowest BCUT2D eigenvalue weighted by atomic mass is 10.3. The number of rotatable bonds is 6. The number of nitrogens with zero attached hydrogens (tertiary/aromatic N) is 1. The smallest absolute Gasteiger partial charge is 0.0575 e. The first kappa shape index (κ1) is 10.9. The maximum atomic E-state index is 4.96. The Bertz CT molecular complexity index is 86.2. The molecule has 0 bridgehead atoms. The molecule has 0 aromatic rings. The fourth-order valence-electron chi connectivity index (χ4n) is 0.784. The van der Waals surface area contributed by atoms with Crippen LogP contribution < -0.4 is 5.32 Å². The molecule has 3 heteroatoms. The summed E-state index contributed by atoms with van der Waals surface area (Å²) in [6.45, 7) is 6.35. The van der Waals surface area contributed by atoms with E-state index in [1.54, 1.807) is 7.11 Å². The highest BCUT2D eigenvalue weighted by Gasteiger charge is 1.95. The average Bonchev–Trinajstić information content (AvgIpc) is 1.97. The van der Waals surface area contributed by atoms with Gasteiger partial charge < -0.3 is 10.2 Å². The van der Waals surface area contributed by atoms with Gasteiger partial charge in [0.05, 0.1) is 7.11 Å². The second-order valence-electron chi connectivity index (χ2n) is 3.00. The average molecular weight is 160 g/mol. The van der Waals surface area contributed by atoms with Gasteiger partial charge in [0.1, 0.15) is 0 Å². The molecule has 0 atom stereocenters. The summed E-state index contributed by atoms with van der Waals surface area (Å²) in [4.78, 5) is 4.96. The van der Waals surface area contributed by atoms with Crippen molar-refractivity contribution in [2.24, 2.45) is 0 Å². The third-order valence-corrected chi connectivity index (χ3v) is 1.51. The lowest BCUT2D eigenvalue weighted by Gasteiger charge is -2.13. The molecule has 0 saturated heterocycles. The summed E-state index contributed by atoms with van der Waals surface area (Å²) in [7, 11) is 3.63. The quantitative estimate of drug-likeness (QED) is 0.461. The third-order valence-electron chi connectivity index (χ3n) is 1.51. The van der Waals surface area contributed by atoms with E-state index in [4.69, 9.17) is 4.84 Å². The zero-order valence-electron chi connectivity index (χ0n) is 8.05. The van der Waals surface area contributed by atoms with Crippen molar-refractivity contribution in [2.45, 2.75) is 26.3 Å². The van der Waals surface area contributed by atoms with Crippen molar-refractivity contribution in [1.29, 1.82) is 0 Å². The van der Waals surface area contributed by atoms with Crippen LogP contribution in [0.25, 0.3) is 0 Å². The summed E-state index contributed by atoms with van der Waals surface area (Å²) < 4.78 is 0. The molecule has 68 valence electrons. The largest absolute Gasteiger partial charge is 0.314 e. The molecule has 0 rings (SSSR count). The van der Waals surface area contributed by atoms with Crippen molar-refractivity contribution in [1.82, 2.24) is 10.4 Å².